The largest absolute Gasteiger partial charge is 0.496 e. The number of amides is 2. The topological polar surface area (TPSA) is 76.4 Å². The van der Waals surface area contributed by atoms with Crippen molar-refractivity contribution >= 4 is 29.2 Å². The fraction of sp³-hybridized carbons (Fsp3) is 0.375. The number of ether oxygens (including phenoxy) is 2. The third kappa shape index (κ3) is 4.21. The van der Waals surface area contributed by atoms with Crippen LogP contribution in [0.4, 0.5) is 18.0 Å². The highest BCUT2D eigenvalue weighted by Gasteiger charge is 2.38. The molecule has 5 rings (SSSR count). The van der Waals surface area contributed by atoms with E-state index < -0.39 is 23.3 Å². The Hall–Kier alpha value is -3.47. The van der Waals surface area contributed by atoms with Crippen molar-refractivity contribution in [3.8, 4) is 16.9 Å². The molecule has 36 heavy (non-hydrogen) atoms. The van der Waals surface area contributed by atoms with Gasteiger partial charge in [-0.25, -0.2) is 9.78 Å². The van der Waals surface area contributed by atoms with Gasteiger partial charge in [-0.05, 0) is 25.0 Å². The van der Waals surface area contributed by atoms with Gasteiger partial charge in [-0.2, -0.15) is 13.2 Å². The van der Waals surface area contributed by atoms with Crippen LogP contribution in [0.25, 0.3) is 16.8 Å². The number of rotatable bonds is 4. The Balaban J connectivity index is 1.49. The average molecular weight is 523 g/mol. The van der Waals surface area contributed by atoms with Gasteiger partial charge in [0, 0.05) is 36.5 Å². The molecule has 0 N–H and O–H groups in total. The van der Waals surface area contributed by atoms with Gasteiger partial charge in [0.05, 0.1) is 19.2 Å². The van der Waals surface area contributed by atoms with Crippen molar-refractivity contribution in [3.63, 3.8) is 0 Å². The van der Waals surface area contributed by atoms with Crippen LogP contribution >= 0.6 is 11.6 Å². The minimum absolute atomic E-state index is 0.0548. The normalized spacial score (nSPS) is 17.1. The maximum absolute atomic E-state index is 14.0. The van der Waals surface area contributed by atoms with E-state index in [1.807, 2.05) is 0 Å². The summed E-state index contributed by atoms with van der Waals surface area (Å²) in [4.78, 5) is 32.3. The molecular formula is C24H22ClF3N4O4. The molecule has 12 heteroatoms. The number of likely N-dealkylation sites (tertiary alicyclic amines) is 1. The number of benzene rings is 1. The van der Waals surface area contributed by atoms with Crippen LogP contribution in [0.1, 0.15) is 28.9 Å². The maximum Gasteiger partial charge on any atom is 0.420 e. The van der Waals surface area contributed by atoms with Crippen molar-refractivity contribution < 1.29 is 32.2 Å². The lowest BCUT2D eigenvalue weighted by Crippen LogP contribution is -2.47. The number of halogens is 4. The third-order valence-corrected chi connectivity index (χ3v) is 6.93. The van der Waals surface area contributed by atoms with Crippen LogP contribution in [0.5, 0.6) is 5.75 Å². The van der Waals surface area contributed by atoms with Gasteiger partial charge in [-0.1, -0.05) is 29.8 Å². The van der Waals surface area contributed by atoms with Gasteiger partial charge >= 0.3 is 12.3 Å². The molecule has 190 valence electrons. The molecule has 2 amide bonds. The van der Waals surface area contributed by atoms with Gasteiger partial charge in [-0.15, -0.1) is 0 Å². The smallest absolute Gasteiger partial charge is 0.420 e. The van der Waals surface area contributed by atoms with E-state index in [1.165, 1.54) is 18.2 Å². The second-order valence-corrected chi connectivity index (χ2v) is 8.97. The second-order valence-electron chi connectivity index (χ2n) is 8.62. The van der Waals surface area contributed by atoms with Crippen LogP contribution in [0.15, 0.2) is 36.5 Å². The number of imidazole rings is 1. The van der Waals surface area contributed by atoms with E-state index in [0.29, 0.717) is 50.4 Å². The number of para-hydroxylation sites is 1. The predicted molar refractivity (Wildman–Crippen MR) is 124 cm³/mol. The molecule has 8 nitrogen and oxygen atoms in total. The Bertz CT molecular complexity index is 1330. The first-order chi connectivity index (χ1) is 17.2. The zero-order valence-electron chi connectivity index (χ0n) is 19.2. The van der Waals surface area contributed by atoms with Gasteiger partial charge in [0.1, 0.15) is 17.5 Å². The first kappa shape index (κ1) is 24.2. The molecule has 0 spiro atoms. The average Bonchev–Trinajstić information content (AvgIpc) is 3.45. The summed E-state index contributed by atoms with van der Waals surface area (Å²) < 4.78 is 53.5. The van der Waals surface area contributed by atoms with E-state index in [4.69, 9.17) is 21.1 Å². The van der Waals surface area contributed by atoms with E-state index in [-0.39, 0.29) is 28.5 Å². The molecule has 0 unspecified atom stereocenters. The van der Waals surface area contributed by atoms with Crippen molar-refractivity contribution in [2.45, 2.75) is 25.1 Å². The Kier molecular flexibility index (Phi) is 6.19. The fourth-order valence-corrected chi connectivity index (χ4v) is 5.01. The summed E-state index contributed by atoms with van der Waals surface area (Å²) in [5.74, 6) is -0.166. The SMILES string of the molecule is COc1ccccc1-c1cc(C(F)(F)F)c2nc(C(=O)N3CCC(N4CCOC4=O)CC3)c(Cl)n2c1. The van der Waals surface area contributed by atoms with Gasteiger partial charge in [-0.3, -0.25) is 9.20 Å². The third-order valence-electron chi connectivity index (χ3n) is 6.57. The van der Waals surface area contributed by atoms with E-state index in [9.17, 15) is 22.8 Å². The molecule has 2 aliphatic rings. The highest BCUT2D eigenvalue weighted by atomic mass is 35.5. The lowest BCUT2D eigenvalue weighted by Gasteiger charge is -2.35. The molecule has 2 aliphatic heterocycles. The summed E-state index contributed by atoms with van der Waals surface area (Å²) >= 11 is 6.46. The van der Waals surface area contributed by atoms with E-state index in [1.54, 1.807) is 29.2 Å². The number of piperidine rings is 1. The Morgan fingerprint density at radius 3 is 2.56 bits per heavy atom. The number of fused-ring (bicyclic) bond motifs is 1. The first-order valence-electron chi connectivity index (χ1n) is 11.3. The van der Waals surface area contributed by atoms with Crippen LogP contribution in [0.3, 0.4) is 0 Å². The lowest BCUT2D eigenvalue weighted by atomic mass is 10.0. The number of hydrogen-bond donors (Lipinski definition) is 0. The molecule has 0 radical (unpaired) electrons. The first-order valence-corrected chi connectivity index (χ1v) is 11.7. The van der Waals surface area contributed by atoms with Crippen LogP contribution in [-0.2, 0) is 10.9 Å². The van der Waals surface area contributed by atoms with Crippen LogP contribution in [0, 0.1) is 0 Å². The predicted octanol–water partition coefficient (Wildman–Crippen LogP) is 4.74. The Morgan fingerprint density at radius 2 is 1.92 bits per heavy atom. The molecule has 0 bridgehead atoms. The number of aromatic nitrogens is 2. The number of carbonyl (C=O) groups is 2. The van der Waals surface area contributed by atoms with Crippen molar-refractivity contribution in [2.24, 2.45) is 0 Å². The molecule has 0 saturated carbocycles. The van der Waals surface area contributed by atoms with Crippen molar-refractivity contribution in [1.82, 2.24) is 19.2 Å². The quantitative estimate of drug-likeness (QED) is 0.495. The van der Waals surface area contributed by atoms with Crippen LogP contribution < -0.4 is 4.74 Å². The Morgan fingerprint density at radius 1 is 1.19 bits per heavy atom. The molecule has 4 heterocycles. The number of hydrogen-bond acceptors (Lipinski definition) is 5. The van der Waals surface area contributed by atoms with Crippen molar-refractivity contribution in [2.75, 3.05) is 33.4 Å². The zero-order valence-corrected chi connectivity index (χ0v) is 20.0. The number of cyclic esters (lactones) is 1. The molecule has 2 aromatic heterocycles. The lowest BCUT2D eigenvalue weighted by molar-refractivity contribution is -0.136. The minimum Gasteiger partial charge on any atom is -0.496 e. The zero-order chi connectivity index (χ0) is 25.6. The van der Waals surface area contributed by atoms with E-state index in [2.05, 4.69) is 4.98 Å². The van der Waals surface area contributed by atoms with Crippen molar-refractivity contribution in [1.29, 1.82) is 0 Å². The van der Waals surface area contributed by atoms with Crippen molar-refractivity contribution in [3.05, 3.63) is 52.9 Å². The number of methoxy groups -OCH3 is 1. The summed E-state index contributed by atoms with van der Waals surface area (Å²) in [5, 5.41) is -0.206. The summed E-state index contributed by atoms with van der Waals surface area (Å²) in [7, 11) is 1.43. The minimum atomic E-state index is -4.74. The van der Waals surface area contributed by atoms with E-state index >= 15 is 0 Å². The summed E-state index contributed by atoms with van der Waals surface area (Å²) in [6.45, 7) is 1.48. The summed E-state index contributed by atoms with van der Waals surface area (Å²) in [6.07, 6.45) is -2.64. The Labute approximate surface area is 209 Å². The summed E-state index contributed by atoms with van der Waals surface area (Å²) in [5.41, 5.74) is -1.07. The number of alkyl halides is 3. The highest BCUT2D eigenvalue weighted by molar-refractivity contribution is 6.33. The standard InChI is InChI=1S/C24H22ClF3N4O4/c1-35-18-5-3-2-4-16(18)14-12-17(24(26,27)28)21-29-19(20(25)32(21)13-14)22(33)30-8-6-15(7-9-30)31-10-11-36-23(31)34/h2-5,12-13,15H,6-11H2,1H3. The molecular weight excluding hydrogens is 501 g/mol. The molecule has 0 aliphatic carbocycles. The van der Waals surface area contributed by atoms with Gasteiger partial charge in [0.25, 0.3) is 5.91 Å². The van der Waals surface area contributed by atoms with Gasteiger partial charge in [0.2, 0.25) is 0 Å². The molecule has 0 atom stereocenters. The number of pyridine rings is 1. The molecule has 1 aromatic carbocycles. The second kappa shape index (κ2) is 9.20. The van der Waals surface area contributed by atoms with Gasteiger partial charge in [0.15, 0.2) is 11.3 Å². The summed E-state index contributed by atoms with van der Waals surface area (Å²) in [6, 6.07) is 7.60. The number of carbonyl (C=O) groups excluding carboxylic acids is 2. The highest BCUT2D eigenvalue weighted by Crippen LogP contribution is 2.39. The molecule has 2 fully saturated rings. The molecule has 3 aromatic rings. The molecule has 2 saturated heterocycles. The van der Waals surface area contributed by atoms with Gasteiger partial charge < -0.3 is 19.3 Å². The van der Waals surface area contributed by atoms with E-state index in [0.717, 1.165) is 10.5 Å². The fourth-order valence-electron chi connectivity index (χ4n) is 4.76. The monoisotopic (exact) mass is 522 g/mol. The van der Waals surface area contributed by atoms with Crippen LogP contribution in [0.2, 0.25) is 5.15 Å². The van der Waals surface area contributed by atoms with Crippen LogP contribution in [-0.4, -0.2) is 70.6 Å². The number of nitrogens with zero attached hydrogens (tertiary/aromatic N) is 4. The maximum atomic E-state index is 14.0.